The molecule has 0 spiro atoms. The Morgan fingerprint density at radius 2 is 2.06 bits per heavy atom. The number of halogens is 1. The summed E-state index contributed by atoms with van der Waals surface area (Å²) in [6.45, 7) is 4.04. The number of aromatic carboxylic acids is 1. The van der Waals surface area contributed by atoms with Crippen LogP contribution in [0.2, 0.25) is 0 Å². The molecular weight excluding hydrogens is 496 g/mol. The highest BCUT2D eigenvalue weighted by Gasteiger charge is 2.14. The summed E-state index contributed by atoms with van der Waals surface area (Å²) in [7, 11) is 0. The van der Waals surface area contributed by atoms with Gasteiger partial charge in [-0.15, -0.1) is 0 Å². The highest BCUT2D eigenvalue weighted by molar-refractivity contribution is 9.10. The number of carboxylic acids is 1. The average Bonchev–Trinajstić information content (AvgIpc) is 3.10. The van der Waals surface area contributed by atoms with Gasteiger partial charge in [0, 0.05) is 13.1 Å². The van der Waals surface area contributed by atoms with E-state index < -0.39 is 5.97 Å². The van der Waals surface area contributed by atoms with Crippen molar-refractivity contribution in [1.82, 2.24) is 4.57 Å². The zero-order valence-electron chi connectivity index (χ0n) is 17.3. The van der Waals surface area contributed by atoms with E-state index in [9.17, 15) is 9.59 Å². The molecule has 0 bridgehead atoms. The number of benzene rings is 2. The largest absolute Gasteiger partial charge is 0.489 e. The van der Waals surface area contributed by atoms with Gasteiger partial charge < -0.3 is 14.6 Å². The van der Waals surface area contributed by atoms with Crippen LogP contribution < -0.4 is 24.4 Å². The van der Waals surface area contributed by atoms with Crippen molar-refractivity contribution in [2.45, 2.75) is 26.5 Å². The first kappa shape index (κ1) is 22.3. The molecule has 0 atom stereocenters. The van der Waals surface area contributed by atoms with Crippen molar-refractivity contribution in [2.75, 3.05) is 13.2 Å². The number of fused-ring (bicyclic) bond motifs is 1. The Bertz CT molecular complexity index is 1330. The SMILES string of the molecule is CCOc1c(Br)cc(/C=c2/sc3n(c2=O)CCCN=3)cc1OCc1ccc(C(=O)O)cc1. The summed E-state index contributed by atoms with van der Waals surface area (Å²) in [5, 5.41) is 9.05. The van der Waals surface area contributed by atoms with Gasteiger partial charge in [-0.3, -0.25) is 14.4 Å². The van der Waals surface area contributed by atoms with E-state index in [1.54, 1.807) is 28.8 Å². The standard InChI is InChI=1S/C23H21BrN2O5S/c1-2-30-20-17(24)10-15(12-19-21(27)26-9-3-8-25-23(26)32-19)11-18(20)31-13-14-4-6-16(7-5-14)22(28)29/h4-7,10-12H,2-3,8-9,13H2,1H3,(H,28,29)/b19-12+. The van der Waals surface area contributed by atoms with Crippen LogP contribution in [0.1, 0.15) is 34.8 Å². The van der Waals surface area contributed by atoms with Crippen LogP contribution >= 0.6 is 27.3 Å². The van der Waals surface area contributed by atoms with Gasteiger partial charge in [-0.2, -0.15) is 0 Å². The molecule has 0 unspecified atom stereocenters. The number of thiazole rings is 1. The highest BCUT2D eigenvalue weighted by atomic mass is 79.9. The second-order valence-corrected chi connectivity index (χ2v) is 9.00. The van der Waals surface area contributed by atoms with Crippen LogP contribution in [-0.2, 0) is 13.2 Å². The molecule has 1 aromatic heterocycles. The molecule has 4 rings (SSSR count). The van der Waals surface area contributed by atoms with Crippen LogP contribution in [0.3, 0.4) is 0 Å². The van der Waals surface area contributed by atoms with Crippen molar-refractivity contribution in [3.05, 3.63) is 77.2 Å². The minimum absolute atomic E-state index is 0.0283. The van der Waals surface area contributed by atoms with E-state index in [0.717, 1.165) is 33.4 Å². The molecule has 2 aromatic carbocycles. The molecule has 0 saturated heterocycles. The Balaban J connectivity index is 1.67. The van der Waals surface area contributed by atoms with Gasteiger partial charge in [0.1, 0.15) is 6.61 Å². The van der Waals surface area contributed by atoms with Gasteiger partial charge in [0.2, 0.25) is 0 Å². The van der Waals surface area contributed by atoms with Crippen LogP contribution in [0, 0.1) is 0 Å². The van der Waals surface area contributed by atoms with Gasteiger partial charge in [-0.1, -0.05) is 23.5 Å². The average molecular weight is 517 g/mol. The monoisotopic (exact) mass is 516 g/mol. The second kappa shape index (κ2) is 9.70. The lowest BCUT2D eigenvalue weighted by Gasteiger charge is -2.14. The van der Waals surface area contributed by atoms with E-state index >= 15 is 0 Å². The first-order valence-corrected chi connectivity index (χ1v) is 11.7. The number of aromatic nitrogens is 1. The van der Waals surface area contributed by atoms with E-state index in [1.807, 2.05) is 25.1 Å². The lowest BCUT2D eigenvalue weighted by molar-refractivity contribution is 0.0697. The van der Waals surface area contributed by atoms with E-state index in [0.29, 0.717) is 29.2 Å². The molecule has 1 N–H and O–H groups in total. The van der Waals surface area contributed by atoms with Gasteiger partial charge in [-0.25, -0.2) is 4.79 Å². The summed E-state index contributed by atoms with van der Waals surface area (Å²) in [4.78, 5) is 29.0. The third-order valence-electron chi connectivity index (χ3n) is 4.89. The number of rotatable bonds is 7. The van der Waals surface area contributed by atoms with Crippen molar-refractivity contribution in [2.24, 2.45) is 4.99 Å². The second-order valence-electron chi connectivity index (χ2n) is 7.14. The molecule has 3 aromatic rings. The maximum absolute atomic E-state index is 12.7. The molecule has 9 heteroatoms. The summed E-state index contributed by atoms with van der Waals surface area (Å²) in [5.41, 5.74) is 1.82. The quantitative estimate of drug-likeness (QED) is 0.520. The number of hydrogen-bond donors (Lipinski definition) is 1. The summed E-state index contributed by atoms with van der Waals surface area (Å²) < 4.78 is 14.9. The van der Waals surface area contributed by atoms with Gasteiger partial charge in [-0.05, 0) is 70.7 Å². The molecular formula is C23H21BrN2O5S. The molecule has 0 saturated carbocycles. The molecule has 166 valence electrons. The predicted molar refractivity (Wildman–Crippen MR) is 125 cm³/mol. The van der Waals surface area contributed by atoms with Gasteiger partial charge in [0.05, 0.1) is 21.2 Å². The topological polar surface area (TPSA) is 90.1 Å². The van der Waals surface area contributed by atoms with E-state index in [1.165, 1.54) is 11.3 Å². The molecule has 0 aliphatic carbocycles. The van der Waals surface area contributed by atoms with Crippen LogP contribution in [0.4, 0.5) is 0 Å². The fourth-order valence-electron chi connectivity index (χ4n) is 3.35. The molecule has 0 radical (unpaired) electrons. The number of carboxylic acid groups (broad SMARTS) is 1. The Hall–Kier alpha value is -2.91. The number of hydrogen-bond acceptors (Lipinski definition) is 6. The fraction of sp³-hybridized carbons (Fsp3) is 0.261. The normalized spacial score (nSPS) is 13.4. The fourth-order valence-corrected chi connectivity index (χ4v) is 4.95. The molecule has 7 nitrogen and oxygen atoms in total. The molecule has 2 heterocycles. The number of ether oxygens (including phenoxy) is 2. The summed E-state index contributed by atoms with van der Waals surface area (Å²) in [5.74, 6) is 0.132. The van der Waals surface area contributed by atoms with Crippen molar-refractivity contribution in [3.63, 3.8) is 0 Å². The van der Waals surface area contributed by atoms with Crippen LogP contribution in [0.5, 0.6) is 11.5 Å². The first-order chi connectivity index (χ1) is 15.5. The third-order valence-corrected chi connectivity index (χ3v) is 6.52. The summed E-state index contributed by atoms with van der Waals surface area (Å²) >= 11 is 4.94. The minimum Gasteiger partial charge on any atom is -0.489 e. The molecule has 1 aliphatic rings. The van der Waals surface area contributed by atoms with Crippen LogP contribution in [0.15, 0.2) is 50.7 Å². The lowest BCUT2D eigenvalue weighted by Crippen LogP contribution is -2.33. The zero-order chi connectivity index (χ0) is 22.7. The molecule has 32 heavy (non-hydrogen) atoms. The highest BCUT2D eigenvalue weighted by Crippen LogP contribution is 2.37. The molecule has 1 aliphatic heterocycles. The lowest BCUT2D eigenvalue weighted by atomic mass is 10.1. The summed E-state index contributed by atoms with van der Waals surface area (Å²) in [6.07, 6.45) is 2.71. The van der Waals surface area contributed by atoms with Gasteiger partial charge in [0.25, 0.3) is 5.56 Å². The Labute approximate surface area is 196 Å². The van der Waals surface area contributed by atoms with Gasteiger partial charge >= 0.3 is 5.97 Å². The maximum Gasteiger partial charge on any atom is 0.335 e. The first-order valence-electron chi connectivity index (χ1n) is 10.1. The van der Waals surface area contributed by atoms with Crippen molar-refractivity contribution < 1.29 is 19.4 Å². The summed E-state index contributed by atoms with van der Waals surface area (Å²) in [6, 6.07) is 10.2. The van der Waals surface area contributed by atoms with Crippen LogP contribution in [0.25, 0.3) is 6.08 Å². The smallest absolute Gasteiger partial charge is 0.335 e. The van der Waals surface area contributed by atoms with Crippen molar-refractivity contribution in [1.29, 1.82) is 0 Å². The maximum atomic E-state index is 12.7. The Morgan fingerprint density at radius 1 is 1.28 bits per heavy atom. The molecule has 0 fully saturated rings. The number of nitrogens with zero attached hydrogens (tertiary/aromatic N) is 2. The van der Waals surface area contributed by atoms with E-state index in [4.69, 9.17) is 14.6 Å². The van der Waals surface area contributed by atoms with Crippen molar-refractivity contribution in [3.8, 4) is 11.5 Å². The van der Waals surface area contributed by atoms with Crippen LogP contribution in [-0.4, -0.2) is 28.8 Å². The van der Waals surface area contributed by atoms with Gasteiger partial charge in [0.15, 0.2) is 16.3 Å². The number of carbonyl (C=O) groups is 1. The van der Waals surface area contributed by atoms with E-state index in [2.05, 4.69) is 20.9 Å². The molecule has 0 amide bonds. The minimum atomic E-state index is -0.970. The predicted octanol–water partition coefficient (Wildman–Crippen LogP) is 3.20. The Kier molecular flexibility index (Phi) is 6.76. The third kappa shape index (κ3) is 4.78. The Morgan fingerprint density at radius 3 is 2.75 bits per heavy atom. The van der Waals surface area contributed by atoms with E-state index in [-0.39, 0.29) is 17.7 Å². The van der Waals surface area contributed by atoms with Crippen molar-refractivity contribution >= 4 is 39.3 Å². The zero-order valence-corrected chi connectivity index (χ0v) is 19.7.